The summed E-state index contributed by atoms with van der Waals surface area (Å²) in [5, 5.41) is 12.1. The third-order valence-electron chi connectivity index (χ3n) is 4.05. The Bertz CT molecular complexity index is 835. The van der Waals surface area contributed by atoms with E-state index in [-0.39, 0.29) is 23.9 Å². The van der Waals surface area contributed by atoms with Gasteiger partial charge in [-0.15, -0.1) is 0 Å². The Morgan fingerprint density at radius 1 is 1.07 bits per heavy atom. The summed E-state index contributed by atoms with van der Waals surface area (Å²) in [6.45, 7) is 1.65. The minimum Gasteiger partial charge on any atom is -0.508 e. The Labute approximate surface area is 174 Å². The Morgan fingerprint density at radius 3 is 2.31 bits per heavy atom. The number of Topliss-reactive ketones (excluding diaryl/α,β-unsaturated/α-hetero) is 1. The van der Waals surface area contributed by atoms with Crippen LogP contribution in [0, 0.1) is 0 Å². The zero-order chi connectivity index (χ0) is 21.2. The van der Waals surface area contributed by atoms with Crippen LogP contribution in [-0.2, 0) is 14.3 Å². The number of aromatic hydroxyl groups is 1. The molecule has 0 aliphatic carbocycles. The van der Waals surface area contributed by atoms with E-state index in [1.165, 1.54) is 19.1 Å². The first kappa shape index (κ1) is 22.3. The number of rotatable bonds is 9. The van der Waals surface area contributed by atoms with Crippen molar-refractivity contribution in [3.8, 4) is 5.75 Å². The molecular formula is C21H23NO6S. The minimum atomic E-state index is -0.661. The van der Waals surface area contributed by atoms with Gasteiger partial charge in [0.15, 0.2) is 5.78 Å². The Kier molecular flexibility index (Phi) is 8.54. The first-order valence-corrected chi connectivity index (χ1v) is 9.66. The highest BCUT2D eigenvalue weighted by atomic mass is 32.1. The molecule has 0 fully saturated rings. The fourth-order valence-corrected chi connectivity index (χ4v) is 2.64. The fraction of sp³-hybridized carbons (Fsp3) is 0.286. The van der Waals surface area contributed by atoms with Gasteiger partial charge < -0.3 is 14.6 Å². The van der Waals surface area contributed by atoms with Crippen molar-refractivity contribution < 1.29 is 29.0 Å². The molecule has 1 atom stereocenters. The largest absolute Gasteiger partial charge is 0.508 e. The summed E-state index contributed by atoms with van der Waals surface area (Å²) in [6.07, 6.45) is -0.361. The number of thiol groups is 1. The highest BCUT2D eigenvalue weighted by Crippen LogP contribution is 2.25. The number of carbonyl (C=O) groups is 3. The molecule has 7 nitrogen and oxygen atoms in total. The summed E-state index contributed by atoms with van der Waals surface area (Å²) >= 11 is 3.84. The first-order valence-electron chi connectivity index (χ1n) is 9.03. The van der Waals surface area contributed by atoms with Crippen molar-refractivity contribution in [3.05, 3.63) is 59.7 Å². The lowest BCUT2D eigenvalue weighted by Gasteiger charge is -2.19. The Hall–Kier alpha value is -3.00. The van der Waals surface area contributed by atoms with Gasteiger partial charge in [0, 0.05) is 11.3 Å². The number of nitrogens with one attached hydrogen (secondary N) is 1. The molecule has 0 aliphatic rings. The fourth-order valence-electron chi connectivity index (χ4n) is 2.55. The molecule has 0 saturated carbocycles. The molecule has 0 unspecified atom stereocenters. The number of carbonyl (C=O) groups excluding carboxylic acids is 3. The number of ether oxygens (including phenoxy) is 2. The van der Waals surface area contributed by atoms with Crippen molar-refractivity contribution >= 4 is 36.2 Å². The van der Waals surface area contributed by atoms with Crippen molar-refractivity contribution in [1.82, 2.24) is 0 Å². The van der Waals surface area contributed by atoms with Gasteiger partial charge in [0.05, 0.1) is 12.4 Å². The topological polar surface area (TPSA) is 102 Å². The van der Waals surface area contributed by atoms with Crippen molar-refractivity contribution in [3.63, 3.8) is 0 Å². The second kappa shape index (κ2) is 11.1. The van der Waals surface area contributed by atoms with Crippen LogP contribution in [0.3, 0.4) is 0 Å². The van der Waals surface area contributed by atoms with E-state index in [1.54, 1.807) is 36.4 Å². The molecule has 29 heavy (non-hydrogen) atoms. The van der Waals surface area contributed by atoms with Crippen LogP contribution in [0.1, 0.15) is 41.8 Å². The molecule has 0 aromatic heterocycles. The van der Waals surface area contributed by atoms with Crippen LogP contribution in [-0.4, -0.2) is 35.3 Å². The summed E-state index contributed by atoms with van der Waals surface area (Å²) in [6, 6.07) is 12.8. The van der Waals surface area contributed by atoms with Gasteiger partial charge in [-0.05, 0) is 61.7 Å². The van der Waals surface area contributed by atoms with Gasteiger partial charge in [0.1, 0.15) is 11.9 Å². The number of hydrogen-bond acceptors (Lipinski definition) is 7. The van der Waals surface area contributed by atoms with Gasteiger partial charge >= 0.3 is 12.1 Å². The molecule has 0 bridgehead atoms. The van der Waals surface area contributed by atoms with E-state index in [2.05, 4.69) is 17.9 Å². The maximum Gasteiger partial charge on any atom is 0.412 e. The van der Waals surface area contributed by atoms with Gasteiger partial charge in [-0.2, -0.15) is 12.6 Å². The monoisotopic (exact) mass is 417 g/mol. The number of ketones is 1. The molecule has 154 valence electrons. The van der Waals surface area contributed by atoms with E-state index < -0.39 is 18.2 Å². The van der Waals surface area contributed by atoms with E-state index in [0.717, 1.165) is 0 Å². The van der Waals surface area contributed by atoms with Crippen molar-refractivity contribution in [2.24, 2.45) is 0 Å². The van der Waals surface area contributed by atoms with Crippen LogP contribution in [0.4, 0.5) is 10.5 Å². The number of hydrogen-bond donors (Lipinski definition) is 3. The van der Waals surface area contributed by atoms with Crippen molar-refractivity contribution in [2.45, 2.75) is 25.9 Å². The van der Waals surface area contributed by atoms with Crippen LogP contribution in [0.5, 0.6) is 5.75 Å². The average molecular weight is 417 g/mol. The lowest BCUT2D eigenvalue weighted by molar-refractivity contribution is -0.140. The van der Waals surface area contributed by atoms with Gasteiger partial charge in [-0.1, -0.05) is 12.1 Å². The second-order valence-electron chi connectivity index (χ2n) is 6.26. The third-order valence-corrected chi connectivity index (χ3v) is 4.31. The molecule has 2 rings (SSSR count). The zero-order valence-electron chi connectivity index (χ0n) is 16.0. The summed E-state index contributed by atoms with van der Waals surface area (Å²) in [5.41, 5.74) is 1.74. The highest BCUT2D eigenvalue weighted by molar-refractivity contribution is 7.81. The first-order chi connectivity index (χ1) is 13.9. The molecule has 0 heterocycles. The Balaban J connectivity index is 1.99. The number of benzene rings is 2. The predicted octanol–water partition coefficient (Wildman–Crippen LogP) is 4.14. The van der Waals surface area contributed by atoms with E-state index in [1.807, 2.05) is 0 Å². The molecule has 2 aromatic carbocycles. The van der Waals surface area contributed by atoms with Crippen LogP contribution >= 0.6 is 12.6 Å². The summed E-state index contributed by atoms with van der Waals surface area (Å²) < 4.78 is 10.5. The van der Waals surface area contributed by atoms with Crippen LogP contribution in [0.25, 0.3) is 0 Å². The van der Waals surface area contributed by atoms with Crippen LogP contribution in [0.2, 0.25) is 0 Å². The zero-order valence-corrected chi connectivity index (χ0v) is 16.9. The summed E-state index contributed by atoms with van der Waals surface area (Å²) in [4.78, 5) is 34.8. The maximum atomic E-state index is 12.3. The lowest BCUT2D eigenvalue weighted by atomic mass is 10.0. The molecule has 0 aliphatic heterocycles. The number of anilines is 1. The van der Waals surface area contributed by atoms with E-state index in [9.17, 15) is 19.5 Å². The van der Waals surface area contributed by atoms with Gasteiger partial charge in [-0.3, -0.25) is 14.9 Å². The van der Waals surface area contributed by atoms with E-state index in [4.69, 9.17) is 9.47 Å². The van der Waals surface area contributed by atoms with Crippen molar-refractivity contribution in [2.75, 3.05) is 17.7 Å². The average Bonchev–Trinajstić information content (AvgIpc) is 2.71. The van der Waals surface area contributed by atoms with Gasteiger partial charge in [0.2, 0.25) is 0 Å². The molecule has 2 aromatic rings. The normalized spacial score (nSPS) is 11.4. The summed E-state index contributed by atoms with van der Waals surface area (Å²) in [5.74, 6) is -0.375. The molecular weight excluding hydrogens is 394 g/mol. The van der Waals surface area contributed by atoms with E-state index in [0.29, 0.717) is 29.7 Å². The minimum absolute atomic E-state index is 0.00269. The van der Waals surface area contributed by atoms with Crippen LogP contribution in [0.15, 0.2) is 48.5 Å². The van der Waals surface area contributed by atoms with E-state index >= 15 is 0 Å². The third kappa shape index (κ3) is 7.50. The number of phenolic OH excluding ortho intramolecular Hbond substituents is 1. The van der Waals surface area contributed by atoms with Crippen molar-refractivity contribution in [1.29, 1.82) is 0 Å². The Morgan fingerprint density at radius 2 is 1.72 bits per heavy atom. The lowest BCUT2D eigenvalue weighted by Crippen LogP contribution is -2.18. The number of amides is 1. The molecule has 0 spiro atoms. The molecule has 0 radical (unpaired) electrons. The smallest absolute Gasteiger partial charge is 0.412 e. The molecule has 2 N–H and O–H groups in total. The second-order valence-corrected chi connectivity index (χ2v) is 6.58. The number of esters is 1. The maximum absolute atomic E-state index is 12.3. The standard InChI is InChI=1S/C21H23NO6S/c1-14(23)15-4-8-17(9-5-15)22-21(26)28-19(3-2-12-27-20(25)13-29)16-6-10-18(24)11-7-16/h4-11,19,24,29H,2-3,12-13H2,1H3,(H,22,26)/t19-/m0/s1. The number of phenols is 1. The molecule has 8 heteroatoms. The highest BCUT2D eigenvalue weighted by Gasteiger charge is 2.17. The molecule has 0 saturated heterocycles. The predicted molar refractivity (Wildman–Crippen MR) is 111 cm³/mol. The van der Waals surface area contributed by atoms with Crippen LogP contribution < -0.4 is 5.32 Å². The van der Waals surface area contributed by atoms with Gasteiger partial charge in [-0.25, -0.2) is 4.79 Å². The SMILES string of the molecule is CC(=O)c1ccc(NC(=O)O[C@@H](CCCOC(=O)CS)c2ccc(O)cc2)cc1. The van der Waals surface area contributed by atoms with Gasteiger partial charge in [0.25, 0.3) is 0 Å². The summed E-state index contributed by atoms with van der Waals surface area (Å²) in [7, 11) is 0. The molecule has 1 amide bonds. The quantitative estimate of drug-likeness (QED) is 0.245.